The molecule has 0 aromatic heterocycles. The number of nitrogens with zero attached hydrogens (tertiary/aromatic N) is 1. The molecule has 0 saturated heterocycles. The second-order valence-corrected chi connectivity index (χ2v) is 4.82. The molecular formula is C13H18N2O3S. The lowest BCUT2D eigenvalue weighted by Crippen LogP contribution is -2.35. The minimum absolute atomic E-state index is 0.0864. The van der Waals surface area contributed by atoms with E-state index in [0.717, 1.165) is 0 Å². The Hall–Kier alpha value is -1.82. The Morgan fingerprint density at radius 2 is 2.21 bits per heavy atom. The quantitative estimate of drug-likeness (QED) is 0.798. The highest BCUT2D eigenvalue weighted by atomic mass is 32.1. The number of carbonyl (C=O) groups is 1. The average molecular weight is 282 g/mol. The van der Waals surface area contributed by atoms with Crippen LogP contribution in [0.3, 0.4) is 0 Å². The fourth-order valence-electron chi connectivity index (χ4n) is 1.65. The van der Waals surface area contributed by atoms with Gasteiger partial charge in [0.05, 0.1) is 17.7 Å². The van der Waals surface area contributed by atoms with E-state index in [2.05, 4.69) is 0 Å². The third-order valence-electron chi connectivity index (χ3n) is 2.83. The van der Waals surface area contributed by atoms with E-state index in [9.17, 15) is 9.90 Å². The highest BCUT2D eigenvalue weighted by Crippen LogP contribution is 2.30. The van der Waals surface area contributed by atoms with Gasteiger partial charge in [0.25, 0.3) is 5.91 Å². The molecule has 1 rings (SSSR count). The third-order valence-corrected chi connectivity index (χ3v) is 3.23. The van der Waals surface area contributed by atoms with E-state index >= 15 is 0 Å². The number of benzene rings is 1. The zero-order valence-corrected chi connectivity index (χ0v) is 12.0. The Bertz CT molecular complexity index is 491. The Kier molecular flexibility index (Phi) is 5.11. The summed E-state index contributed by atoms with van der Waals surface area (Å²) in [6.45, 7) is 2.24. The van der Waals surface area contributed by atoms with Crippen molar-refractivity contribution >= 4 is 23.1 Å². The number of amides is 1. The molecule has 0 spiro atoms. The lowest BCUT2D eigenvalue weighted by molar-refractivity contribution is 0.0783. The normalized spacial score (nSPS) is 11.7. The first-order valence-electron chi connectivity index (χ1n) is 5.79. The number of carbonyl (C=O) groups excluding carboxylic acids is 1. The molecule has 0 bridgehead atoms. The van der Waals surface area contributed by atoms with Crippen LogP contribution >= 0.6 is 12.2 Å². The van der Waals surface area contributed by atoms with Crippen LogP contribution < -0.4 is 10.5 Å². The Morgan fingerprint density at radius 3 is 2.74 bits per heavy atom. The van der Waals surface area contributed by atoms with Crippen molar-refractivity contribution in [2.45, 2.75) is 6.92 Å². The molecule has 0 aliphatic rings. The summed E-state index contributed by atoms with van der Waals surface area (Å²) in [5.74, 6) is -0.289. The van der Waals surface area contributed by atoms with Crippen LogP contribution in [0.5, 0.6) is 11.5 Å². The van der Waals surface area contributed by atoms with Crippen molar-refractivity contribution in [2.75, 3.05) is 20.7 Å². The lowest BCUT2D eigenvalue weighted by atomic mass is 10.1. The van der Waals surface area contributed by atoms with E-state index in [1.165, 1.54) is 12.0 Å². The van der Waals surface area contributed by atoms with Crippen LogP contribution in [0.4, 0.5) is 0 Å². The van der Waals surface area contributed by atoms with Gasteiger partial charge >= 0.3 is 0 Å². The second-order valence-electron chi connectivity index (χ2n) is 4.35. The van der Waals surface area contributed by atoms with Crippen LogP contribution in [0.2, 0.25) is 0 Å². The van der Waals surface area contributed by atoms with E-state index in [1.54, 1.807) is 25.2 Å². The summed E-state index contributed by atoms with van der Waals surface area (Å²) in [7, 11) is 3.07. The molecule has 6 heteroatoms. The van der Waals surface area contributed by atoms with Gasteiger partial charge in [-0.05, 0) is 12.1 Å². The zero-order chi connectivity index (χ0) is 14.6. The third kappa shape index (κ3) is 3.57. The molecule has 0 aliphatic heterocycles. The zero-order valence-electron chi connectivity index (χ0n) is 11.2. The standard InChI is InChI=1S/C13H18N2O3S/c1-8(12(14)19)7-15(2)13(17)9-5-4-6-10(18-3)11(9)16/h4-6,8,16H,7H2,1-3H3,(H2,14,19). The Balaban J connectivity index is 2.91. The largest absolute Gasteiger partial charge is 0.504 e. The second kappa shape index (κ2) is 6.38. The Labute approximate surface area is 118 Å². The summed E-state index contributed by atoms with van der Waals surface area (Å²) in [5.41, 5.74) is 5.71. The maximum atomic E-state index is 12.2. The van der Waals surface area contributed by atoms with Gasteiger partial charge in [0.2, 0.25) is 0 Å². The van der Waals surface area contributed by atoms with Crippen LogP contribution in [0.25, 0.3) is 0 Å². The van der Waals surface area contributed by atoms with Gasteiger partial charge < -0.3 is 20.5 Å². The molecule has 0 saturated carbocycles. The topological polar surface area (TPSA) is 75.8 Å². The summed E-state index contributed by atoms with van der Waals surface area (Å²) < 4.78 is 4.97. The van der Waals surface area contributed by atoms with E-state index in [4.69, 9.17) is 22.7 Å². The van der Waals surface area contributed by atoms with E-state index in [-0.39, 0.29) is 28.9 Å². The molecule has 1 unspecified atom stereocenters. The predicted molar refractivity (Wildman–Crippen MR) is 77.6 cm³/mol. The van der Waals surface area contributed by atoms with E-state index < -0.39 is 0 Å². The highest BCUT2D eigenvalue weighted by molar-refractivity contribution is 7.80. The highest BCUT2D eigenvalue weighted by Gasteiger charge is 2.20. The molecule has 0 radical (unpaired) electrons. The fourth-order valence-corrected chi connectivity index (χ4v) is 1.72. The average Bonchev–Trinajstić information content (AvgIpc) is 2.37. The molecule has 1 aromatic carbocycles. The molecule has 0 heterocycles. The number of nitrogens with two attached hydrogens (primary N) is 1. The van der Waals surface area contributed by atoms with Crippen molar-refractivity contribution in [1.82, 2.24) is 4.90 Å². The van der Waals surface area contributed by atoms with Crippen molar-refractivity contribution in [3.8, 4) is 11.5 Å². The number of aromatic hydroxyl groups is 1. The molecule has 1 amide bonds. The molecular weight excluding hydrogens is 264 g/mol. The summed E-state index contributed by atoms with van der Waals surface area (Å²) in [5, 5.41) is 9.93. The van der Waals surface area contributed by atoms with Gasteiger partial charge in [0, 0.05) is 19.5 Å². The molecule has 19 heavy (non-hydrogen) atoms. The maximum absolute atomic E-state index is 12.2. The number of hydrogen-bond acceptors (Lipinski definition) is 4. The molecule has 104 valence electrons. The number of para-hydroxylation sites is 1. The van der Waals surface area contributed by atoms with Gasteiger partial charge in [-0.25, -0.2) is 0 Å². The molecule has 3 N–H and O–H groups in total. The number of phenols is 1. The molecule has 0 aliphatic carbocycles. The van der Waals surface area contributed by atoms with E-state index in [1.807, 2.05) is 6.92 Å². The number of phenolic OH excluding ortho intramolecular Hbond substituents is 1. The molecule has 0 fully saturated rings. The smallest absolute Gasteiger partial charge is 0.257 e. The van der Waals surface area contributed by atoms with E-state index in [0.29, 0.717) is 11.5 Å². The van der Waals surface area contributed by atoms with Gasteiger partial charge in [0.1, 0.15) is 0 Å². The minimum atomic E-state index is -0.306. The summed E-state index contributed by atoms with van der Waals surface area (Å²) >= 11 is 4.88. The van der Waals surface area contributed by atoms with Gasteiger partial charge in [-0.3, -0.25) is 4.79 Å². The number of hydrogen-bond donors (Lipinski definition) is 2. The summed E-state index contributed by atoms with van der Waals surface area (Å²) in [6, 6.07) is 4.78. The monoisotopic (exact) mass is 282 g/mol. The van der Waals surface area contributed by atoms with Crippen LogP contribution in [0, 0.1) is 5.92 Å². The van der Waals surface area contributed by atoms with Crippen LogP contribution in [0.1, 0.15) is 17.3 Å². The number of thiocarbonyl (C=S) groups is 1. The summed E-state index contributed by atoms with van der Waals surface area (Å²) in [4.78, 5) is 14.0. The summed E-state index contributed by atoms with van der Waals surface area (Å²) in [6.07, 6.45) is 0. The number of methoxy groups -OCH3 is 1. The number of rotatable bonds is 5. The van der Waals surface area contributed by atoms with Crippen molar-refractivity contribution in [3.63, 3.8) is 0 Å². The SMILES string of the molecule is COc1cccc(C(=O)N(C)CC(C)C(N)=S)c1O. The first kappa shape index (κ1) is 15.2. The Morgan fingerprint density at radius 1 is 1.58 bits per heavy atom. The van der Waals surface area contributed by atoms with Crippen molar-refractivity contribution < 1.29 is 14.6 Å². The van der Waals surface area contributed by atoms with Crippen molar-refractivity contribution in [3.05, 3.63) is 23.8 Å². The van der Waals surface area contributed by atoms with Crippen LogP contribution in [-0.2, 0) is 0 Å². The minimum Gasteiger partial charge on any atom is -0.504 e. The maximum Gasteiger partial charge on any atom is 0.257 e. The van der Waals surface area contributed by atoms with Gasteiger partial charge in [-0.15, -0.1) is 0 Å². The first-order valence-corrected chi connectivity index (χ1v) is 6.20. The molecule has 5 nitrogen and oxygen atoms in total. The number of ether oxygens (including phenoxy) is 1. The van der Waals surface area contributed by atoms with Gasteiger partial charge in [-0.1, -0.05) is 25.2 Å². The fraction of sp³-hybridized carbons (Fsp3) is 0.385. The van der Waals surface area contributed by atoms with Crippen molar-refractivity contribution in [2.24, 2.45) is 11.7 Å². The van der Waals surface area contributed by atoms with Crippen LogP contribution in [-0.4, -0.2) is 41.6 Å². The van der Waals surface area contributed by atoms with Crippen LogP contribution in [0.15, 0.2) is 18.2 Å². The predicted octanol–water partition coefficient (Wildman–Crippen LogP) is 1.39. The van der Waals surface area contributed by atoms with Gasteiger partial charge in [0.15, 0.2) is 11.5 Å². The lowest BCUT2D eigenvalue weighted by Gasteiger charge is -2.21. The van der Waals surface area contributed by atoms with Crippen molar-refractivity contribution in [1.29, 1.82) is 0 Å². The van der Waals surface area contributed by atoms with Gasteiger partial charge in [-0.2, -0.15) is 0 Å². The molecule has 1 aromatic rings. The first-order chi connectivity index (χ1) is 8.88. The molecule has 1 atom stereocenters.